The van der Waals surface area contributed by atoms with Gasteiger partial charge in [-0.1, -0.05) is 5.10 Å². The molecule has 68 valence electrons. The van der Waals surface area contributed by atoms with Gasteiger partial charge < -0.3 is 4.42 Å². The molecule has 0 amide bonds. The van der Waals surface area contributed by atoms with Gasteiger partial charge in [0.1, 0.15) is 4.60 Å². The van der Waals surface area contributed by atoms with Gasteiger partial charge in [-0.3, -0.25) is 4.68 Å². The van der Waals surface area contributed by atoms with Crippen molar-refractivity contribution in [2.24, 2.45) is 7.05 Å². The van der Waals surface area contributed by atoms with Crippen LogP contribution in [0.3, 0.4) is 0 Å². The predicted molar refractivity (Wildman–Crippen MR) is 49.2 cm³/mol. The van der Waals surface area contributed by atoms with Gasteiger partial charge in [-0.25, -0.2) is 0 Å². The molecule has 0 spiro atoms. The summed E-state index contributed by atoms with van der Waals surface area (Å²) in [6, 6.07) is 0. The van der Waals surface area contributed by atoms with Crippen molar-refractivity contribution in [1.29, 1.82) is 0 Å². The van der Waals surface area contributed by atoms with Gasteiger partial charge in [0.05, 0.1) is 11.8 Å². The van der Waals surface area contributed by atoms with Crippen LogP contribution in [0.1, 0.15) is 0 Å². The molecule has 0 aliphatic carbocycles. The van der Waals surface area contributed by atoms with Crippen LogP contribution in [0.25, 0.3) is 11.5 Å². The Bertz CT molecular complexity index is 438. The maximum Gasteiger partial charge on any atom is 0.313 e. The second-order valence-corrected chi connectivity index (χ2v) is 3.41. The first-order valence-corrected chi connectivity index (χ1v) is 4.52. The van der Waals surface area contributed by atoms with Gasteiger partial charge in [0.25, 0.3) is 5.89 Å². The van der Waals surface area contributed by atoms with Crippen molar-refractivity contribution in [3.63, 3.8) is 0 Å². The molecule has 5 nitrogen and oxygen atoms in total. The number of aromatic nitrogens is 4. The van der Waals surface area contributed by atoms with Crippen LogP contribution in [0.2, 0.25) is 5.35 Å². The zero-order valence-corrected chi connectivity index (χ0v) is 8.87. The van der Waals surface area contributed by atoms with Crippen molar-refractivity contribution < 1.29 is 4.42 Å². The van der Waals surface area contributed by atoms with Crippen molar-refractivity contribution >= 4 is 27.5 Å². The minimum atomic E-state index is 0.0192. The summed E-state index contributed by atoms with van der Waals surface area (Å²) in [5.41, 5.74) is 0.724. The molecule has 0 saturated carbocycles. The molecule has 0 saturated heterocycles. The van der Waals surface area contributed by atoms with E-state index in [0.29, 0.717) is 5.89 Å². The Labute approximate surface area is 86.8 Å². The van der Waals surface area contributed by atoms with E-state index in [1.54, 1.807) is 17.9 Å². The molecule has 2 heterocycles. The summed E-state index contributed by atoms with van der Waals surface area (Å²) in [7, 11) is 1.80. The van der Waals surface area contributed by atoms with E-state index < -0.39 is 0 Å². The van der Waals surface area contributed by atoms with E-state index >= 15 is 0 Å². The Balaban J connectivity index is 2.52. The lowest BCUT2D eigenvalue weighted by Gasteiger charge is -1.91. The number of hydrogen-bond donors (Lipinski definition) is 0. The van der Waals surface area contributed by atoms with Crippen LogP contribution in [0, 0.1) is 0 Å². The highest BCUT2D eigenvalue weighted by Gasteiger charge is 2.13. The third kappa shape index (κ3) is 1.47. The van der Waals surface area contributed by atoms with Gasteiger partial charge in [0, 0.05) is 7.05 Å². The van der Waals surface area contributed by atoms with Gasteiger partial charge in [-0.05, 0) is 27.5 Å². The molecule has 0 aliphatic heterocycles. The fourth-order valence-electron chi connectivity index (χ4n) is 0.880. The lowest BCUT2D eigenvalue weighted by Crippen LogP contribution is -1.88. The van der Waals surface area contributed by atoms with Gasteiger partial charge in [0.2, 0.25) is 0 Å². The summed E-state index contributed by atoms with van der Waals surface area (Å²) in [5, 5.41) is 11.3. The van der Waals surface area contributed by atoms with E-state index in [1.165, 1.54) is 0 Å². The molecule has 0 aliphatic rings. The molecule has 0 atom stereocenters. The average Bonchev–Trinajstić information content (AvgIpc) is 2.62. The Kier molecular flexibility index (Phi) is 2.09. The zero-order valence-electron chi connectivity index (χ0n) is 6.53. The van der Waals surface area contributed by atoms with E-state index in [0.717, 1.165) is 10.2 Å². The average molecular weight is 263 g/mol. The molecule has 0 bridgehead atoms. The van der Waals surface area contributed by atoms with Gasteiger partial charge in [0.15, 0.2) is 0 Å². The molecule has 0 unspecified atom stereocenters. The first kappa shape index (κ1) is 8.71. The number of hydrogen-bond acceptors (Lipinski definition) is 4. The van der Waals surface area contributed by atoms with Gasteiger partial charge >= 0.3 is 5.35 Å². The van der Waals surface area contributed by atoms with Crippen LogP contribution in [-0.2, 0) is 7.05 Å². The highest BCUT2D eigenvalue weighted by Crippen LogP contribution is 2.26. The number of aryl methyl sites for hydroxylation is 1. The Morgan fingerprint density at radius 2 is 2.31 bits per heavy atom. The van der Waals surface area contributed by atoms with E-state index in [1.807, 2.05) is 0 Å². The molecule has 0 aromatic carbocycles. The fourth-order valence-corrected chi connectivity index (χ4v) is 1.35. The Hall–Kier alpha value is -0.880. The second-order valence-electron chi connectivity index (χ2n) is 2.33. The SMILES string of the molecule is Cn1ncc(-c2nnc(Cl)o2)c1Br. The van der Waals surface area contributed by atoms with Crippen LogP contribution in [0.4, 0.5) is 0 Å². The van der Waals surface area contributed by atoms with Crippen LogP contribution >= 0.6 is 27.5 Å². The summed E-state index contributed by atoms with van der Waals surface area (Å²) >= 11 is 8.81. The quantitative estimate of drug-likeness (QED) is 0.788. The highest BCUT2D eigenvalue weighted by atomic mass is 79.9. The summed E-state index contributed by atoms with van der Waals surface area (Å²) in [6.07, 6.45) is 1.62. The van der Waals surface area contributed by atoms with Crippen LogP contribution in [0.15, 0.2) is 15.2 Å². The fraction of sp³-hybridized carbons (Fsp3) is 0.167. The van der Waals surface area contributed by atoms with Crippen LogP contribution in [-0.4, -0.2) is 20.0 Å². The smallest absolute Gasteiger partial charge is 0.313 e. The molecule has 0 N–H and O–H groups in total. The molecule has 2 aromatic heterocycles. The zero-order chi connectivity index (χ0) is 9.42. The van der Waals surface area contributed by atoms with E-state index in [9.17, 15) is 0 Å². The van der Waals surface area contributed by atoms with Crippen molar-refractivity contribution in [3.05, 3.63) is 16.1 Å². The molecule has 0 radical (unpaired) electrons. The minimum absolute atomic E-state index is 0.0192. The predicted octanol–water partition coefficient (Wildman–Crippen LogP) is 1.89. The normalized spacial score (nSPS) is 10.7. The molecule has 2 aromatic rings. The molecule has 7 heteroatoms. The second kappa shape index (κ2) is 3.12. The summed E-state index contributed by atoms with van der Waals surface area (Å²) in [5.74, 6) is 0.352. The van der Waals surface area contributed by atoms with Gasteiger partial charge in [-0.15, -0.1) is 5.10 Å². The van der Waals surface area contributed by atoms with Crippen LogP contribution < -0.4 is 0 Å². The number of rotatable bonds is 1. The largest absolute Gasteiger partial charge is 0.407 e. The maximum absolute atomic E-state index is 5.49. The van der Waals surface area contributed by atoms with Crippen molar-refractivity contribution in [2.75, 3.05) is 0 Å². The standard InChI is InChI=1S/C6H4BrClN4O/c1-12-4(7)3(2-9-12)5-10-11-6(8)13-5/h2H,1H3. The Morgan fingerprint density at radius 1 is 1.54 bits per heavy atom. The molecule has 0 fully saturated rings. The summed E-state index contributed by atoms with van der Waals surface area (Å²) < 4.78 is 7.44. The first-order chi connectivity index (χ1) is 6.18. The van der Waals surface area contributed by atoms with E-state index in [4.69, 9.17) is 16.0 Å². The molecule has 2 rings (SSSR count). The topological polar surface area (TPSA) is 56.7 Å². The summed E-state index contributed by atoms with van der Waals surface area (Å²) in [4.78, 5) is 0. The Morgan fingerprint density at radius 3 is 2.77 bits per heavy atom. The highest BCUT2D eigenvalue weighted by molar-refractivity contribution is 9.10. The van der Waals surface area contributed by atoms with Crippen molar-refractivity contribution in [3.8, 4) is 11.5 Å². The third-order valence-electron chi connectivity index (χ3n) is 1.50. The third-order valence-corrected chi connectivity index (χ3v) is 2.59. The first-order valence-electron chi connectivity index (χ1n) is 3.35. The van der Waals surface area contributed by atoms with Crippen LogP contribution in [0.5, 0.6) is 0 Å². The lowest BCUT2D eigenvalue weighted by atomic mass is 10.4. The van der Waals surface area contributed by atoms with E-state index in [-0.39, 0.29) is 5.35 Å². The molecular weight excluding hydrogens is 259 g/mol. The number of halogens is 2. The van der Waals surface area contributed by atoms with E-state index in [2.05, 4.69) is 31.2 Å². The minimum Gasteiger partial charge on any atom is -0.407 e. The van der Waals surface area contributed by atoms with Gasteiger partial charge in [-0.2, -0.15) is 5.10 Å². The number of nitrogens with zero attached hydrogens (tertiary/aromatic N) is 4. The molecular formula is C6H4BrClN4O. The maximum atomic E-state index is 5.49. The van der Waals surface area contributed by atoms with Crippen molar-refractivity contribution in [2.45, 2.75) is 0 Å². The summed E-state index contributed by atoms with van der Waals surface area (Å²) in [6.45, 7) is 0. The lowest BCUT2D eigenvalue weighted by molar-refractivity contribution is 0.570. The van der Waals surface area contributed by atoms with Crippen molar-refractivity contribution in [1.82, 2.24) is 20.0 Å². The molecule has 13 heavy (non-hydrogen) atoms. The monoisotopic (exact) mass is 262 g/mol.